The van der Waals surface area contributed by atoms with E-state index in [0.29, 0.717) is 6.20 Å². The summed E-state index contributed by atoms with van der Waals surface area (Å²) in [5.41, 5.74) is 2.65. The minimum atomic E-state index is -4.67. The van der Waals surface area contributed by atoms with E-state index in [4.69, 9.17) is 10.8 Å². The molecule has 1 heterocycles. The van der Waals surface area contributed by atoms with Crippen LogP contribution in [-0.2, 0) is 6.18 Å². The number of aromatic carboxylic acids is 1. The highest BCUT2D eigenvalue weighted by Gasteiger charge is 2.35. The van der Waals surface area contributed by atoms with Crippen LogP contribution in [0.4, 0.5) is 18.9 Å². The van der Waals surface area contributed by atoms with Crippen molar-refractivity contribution in [1.29, 1.82) is 0 Å². The van der Waals surface area contributed by atoms with Crippen molar-refractivity contribution in [3.63, 3.8) is 0 Å². The molecule has 0 saturated heterocycles. The van der Waals surface area contributed by atoms with E-state index in [-0.39, 0.29) is 5.56 Å². The molecule has 0 atom stereocenters. The van der Waals surface area contributed by atoms with E-state index in [2.05, 4.69) is 4.98 Å². The van der Waals surface area contributed by atoms with E-state index < -0.39 is 23.5 Å². The zero-order valence-corrected chi connectivity index (χ0v) is 6.67. The summed E-state index contributed by atoms with van der Waals surface area (Å²) >= 11 is 0. The number of nitrogens with zero attached hydrogens (tertiary/aromatic N) is 1. The van der Waals surface area contributed by atoms with Crippen LogP contribution in [0.5, 0.6) is 0 Å². The summed E-state index contributed by atoms with van der Waals surface area (Å²) in [7, 11) is 0. The van der Waals surface area contributed by atoms with E-state index in [0.717, 1.165) is 6.07 Å². The minimum Gasteiger partial charge on any atom is -0.478 e. The lowest BCUT2D eigenvalue weighted by Gasteiger charge is -2.08. The molecule has 1 rings (SSSR count). The quantitative estimate of drug-likeness (QED) is 0.727. The number of carboxylic acids is 1. The summed E-state index contributed by atoms with van der Waals surface area (Å²) in [6.07, 6.45) is -4.05. The summed E-state index contributed by atoms with van der Waals surface area (Å²) in [4.78, 5) is 13.3. The number of alkyl halides is 3. The van der Waals surface area contributed by atoms with Crippen molar-refractivity contribution < 1.29 is 23.1 Å². The lowest BCUT2D eigenvalue weighted by Crippen LogP contribution is -2.13. The second-order valence-corrected chi connectivity index (χ2v) is 2.46. The van der Waals surface area contributed by atoms with Crippen LogP contribution in [-0.4, -0.2) is 16.1 Å². The highest BCUT2D eigenvalue weighted by Crippen LogP contribution is 2.31. The SMILES string of the molecule is Nc1cc(C(=O)O)cnc1C(F)(F)F. The van der Waals surface area contributed by atoms with Gasteiger partial charge in [0.2, 0.25) is 0 Å². The van der Waals surface area contributed by atoms with Gasteiger partial charge in [-0.25, -0.2) is 9.78 Å². The van der Waals surface area contributed by atoms with Crippen LogP contribution in [0.15, 0.2) is 12.3 Å². The molecule has 0 aliphatic rings. The molecule has 1 aromatic rings. The van der Waals surface area contributed by atoms with Gasteiger partial charge in [-0.3, -0.25) is 0 Å². The molecule has 0 spiro atoms. The van der Waals surface area contributed by atoms with Gasteiger partial charge in [-0.05, 0) is 6.07 Å². The topological polar surface area (TPSA) is 76.2 Å². The number of carboxylic acid groups (broad SMARTS) is 1. The molecule has 4 nitrogen and oxygen atoms in total. The first-order valence-electron chi connectivity index (χ1n) is 3.38. The summed E-state index contributed by atoms with van der Waals surface area (Å²) in [5.74, 6) is -1.38. The molecule has 0 aliphatic carbocycles. The van der Waals surface area contributed by atoms with E-state index in [1.54, 1.807) is 0 Å². The van der Waals surface area contributed by atoms with Gasteiger partial charge in [-0.1, -0.05) is 0 Å². The van der Waals surface area contributed by atoms with Gasteiger partial charge in [-0.15, -0.1) is 0 Å². The van der Waals surface area contributed by atoms with Crippen molar-refractivity contribution in [2.45, 2.75) is 6.18 Å². The predicted molar refractivity (Wildman–Crippen MR) is 40.6 cm³/mol. The number of hydrogen-bond acceptors (Lipinski definition) is 3. The molecule has 0 saturated carbocycles. The Morgan fingerprint density at radius 3 is 2.43 bits per heavy atom. The van der Waals surface area contributed by atoms with Crippen molar-refractivity contribution in [3.8, 4) is 0 Å². The molecule has 0 fully saturated rings. The van der Waals surface area contributed by atoms with Crippen LogP contribution in [0.3, 0.4) is 0 Å². The van der Waals surface area contributed by atoms with Gasteiger partial charge < -0.3 is 10.8 Å². The lowest BCUT2D eigenvalue weighted by molar-refractivity contribution is -0.140. The van der Waals surface area contributed by atoms with Crippen molar-refractivity contribution in [2.75, 3.05) is 5.73 Å². The molecular weight excluding hydrogens is 201 g/mol. The zero-order chi connectivity index (χ0) is 10.9. The van der Waals surface area contributed by atoms with E-state index in [9.17, 15) is 18.0 Å². The molecule has 1 aromatic heterocycles. The Balaban J connectivity index is 3.21. The fourth-order valence-corrected chi connectivity index (χ4v) is 0.836. The summed E-state index contributed by atoms with van der Waals surface area (Å²) in [6.45, 7) is 0. The van der Waals surface area contributed by atoms with Crippen LogP contribution < -0.4 is 5.73 Å². The number of rotatable bonds is 1. The van der Waals surface area contributed by atoms with Gasteiger partial charge in [0.15, 0.2) is 5.69 Å². The maximum Gasteiger partial charge on any atom is 0.435 e. The van der Waals surface area contributed by atoms with Gasteiger partial charge in [0, 0.05) is 6.20 Å². The van der Waals surface area contributed by atoms with Crippen molar-refractivity contribution in [2.24, 2.45) is 0 Å². The number of aromatic nitrogens is 1. The van der Waals surface area contributed by atoms with Crippen LogP contribution in [0, 0.1) is 0 Å². The average Bonchev–Trinajstić information content (AvgIpc) is 2.01. The summed E-state index contributed by atoms with van der Waals surface area (Å²) < 4.78 is 36.3. The molecule has 0 bridgehead atoms. The maximum absolute atomic E-state index is 12.1. The summed E-state index contributed by atoms with van der Waals surface area (Å²) in [5, 5.41) is 8.43. The van der Waals surface area contributed by atoms with Crippen LogP contribution in [0.25, 0.3) is 0 Å². The molecule has 3 N–H and O–H groups in total. The summed E-state index contributed by atoms with van der Waals surface area (Å²) in [6, 6.07) is 0.720. The van der Waals surface area contributed by atoms with E-state index >= 15 is 0 Å². The zero-order valence-electron chi connectivity index (χ0n) is 6.67. The molecule has 76 valence electrons. The Morgan fingerprint density at radius 2 is 2.07 bits per heavy atom. The third-order valence-electron chi connectivity index (χ3n) is 1.43. The Kier molecular flexibility index (Phi) is 2.33. The third-order valence-corrected chi connectivity index (χ3v) is 1.43. The highest BCUT2D eigenvalue weighted by molar-refractivity contribution is 5.88. The largest absolute Gasteiger partial charge is 0.478 e. The number of nitrogens with two attached hydrogens (primary N) is 1. The Hall–Kier alpha value is -1.79. The number of anilines is 1. The number of nitrogen functional groups attached to an aromatic ring is 1. The maximum atomic E-state index is 12.1. The molecular formula is C7H5F3N2O2. The van der Waals surface area contributed by atoms with Gasteiger partial charge in [0.05, 0.1) is 11.3 Å². The lowest BCUT2D eigenvalue weighted by atomic mass is 10.2. The van der Waals surface area contributed by atoms with Crippen LogP contribution in [0.2, 0.25) is 0 Å². The first-order chi connectivity index (χ1) is 6.32. The second kappa shape index (κ2) is 3.17. The normalized spacial score (nSPS) is 11.4. The van der Waals surface area contributed by atoms with Crippen molar-refractivity contribution in [1.82, 2.24) is 4.98 Å². The van der Waals surface area contributed by atoms with Crippen molar-refractivity contribution >= 4 is 11.7 Å². The predicted octanol–water partition coefficient (Wildman–Crippen LogP) is 1.38. The van der Waals surface area contributed by atoms with Gasteiger partial charge in [0.1, 0.15) is 0 Å². The van der Waals surface area contributed by atoms with Crippen LogP contribution >= 0.6 is 0 Å². The number of pyridine rings is 1. The number of hydrogen-bond donors (Lipinski definition) is 2. The molecule has 14 heavy (non-hydrogen) atoms. The fraction of sp³-hybridized carbons (Fsp3) is 0.143. The molecule has 7 heteroatoms. The smallest absolute Gasteiger partial charge is 0.435 e. The van der Waals surface area contributed by atoms with Crippen molar-refractivity contribution in [3.05, 3.63) is 23.5 Å². The standard InChI is InChI=1S/C7H5F3N2O2/c8-7(9,10)5-4(11)1-3(2-12-5)6(13)14/h1-2H,11H2,(H,13,14). The minimum absolute atomic E-state index is 0.379. The molecule has 0 radical (unpaired) electrons. The molecule has 0 amide bonds. The Morgan fingerprint density at radius 1 is 1.50 bits per heavy atom. The van der Waals surface area contributed by atoms with Crippen LogP contribution in [0.1, 0.15) is 16.1 Å². The highest BCUT2D eigenvalue weighted by atomic mass is 19.4. The van der Waals surface area contributed by atoms with Gasteiger partial charge in [0.25, 0.3) is 0 Å². The number of carbonyl (C=O) groups is 1. The average molecular weight is 206 g/mol. The first kappa shape index (κ1) is 10.3. The molecule has 0 aliphatic heterocycles. The number of halogens is 3. The van der Waals surface area contributed by atoms with Gasteiger partial charge in [-0.2, -0.15) is 13.2 Å². The third kappa shape index (κ3) is 1.93. The molecule has 0 aromatic carbocycles. The van der Waals surface area contributed by atoms with E-state index in [1.165, 1.54) is 0 Å². The molecule has 0 unspecified atom stereocenters. The Bertz CT molecular complexity index is 376. The van der Waals surface area contributed by atoms with E-state index in [1.807, 2.05) is 0 Å². The fourth-order valence-electron chi connectivity index (χ4n) is 0.836. The first-order valence-corrected chi connectivity index (χ1v) is 3.38. The second-order valence-electron chi connectivity index (χ2n) is 2.46. The van der Waals surface area contributed by atoms with Gasteiger partial charge >= 0.3 is 12.1 Å². The Labute approximate surface area is 76.2 Å². The monoisotopic (exact) mass is 206 g/mol.